The quantitative estimate of drug-likeness (QED) is 0.198. The fourth-order valence-electron chi connectivity index (χ4n) is 3.00. The Balaban J connectivity index is 1.60. The Kier molecular flexibility index (Phi) is 7.77. The van der Waals surface area contributed by atoms with Crippen molar-refractivity contribution in [1.29, 1.82) is 0 Å². The zero-order valence-corrected chi connectivity index (χ0v) is 19.0. The van der Waals surface area contributed by atoms with Crippen molar-refractivity contribution < 1.29 is 19.1 Å². The zero-order chi connectivity index (χ0) is 23.8. The molecule has 0 aromatic heterocycles. The van der Waals surface area contributed by atoms with E-state index in [1.165, 1.54) is 12.5 Å². The molecule has 0 amide bonds. The fourth-order valence-corrected chi connectivity index (χ4v) is 3.00. The van der Waals surface area contributed by atoms with Crippen LogP contribution in [-0.2, 0) is 4.79 Å². The summed E-state index contributed by atoms with van der Waals surface area (Å²) in [6.07, 6.45) is 4.86. The van der Waals surface area contributed by atoms with Crippen LogP contribution in [-0.4, -0.2) is 11.6 Å². The zero-order valence-electron chi connectivity index (χ0n) is 19.0. The van der Waals surface area contributed by atoms with Gasteiger partial charge in [-0.25, -0.2) is 0 Å². The second kappa shape index (κ2) is 10.9. The Morgan fingerprint density at radius 3 is 1.58 bits per heavy atom. The number of carbonyl (C=O) groups excluding carboxylic acids is 2. The summed E-state index contributed by atoms with van der Waals surface area (Å²) in [7, 11) is 0. The molecular formula is C29H26O4. The summed E-state index contributed by atoms with van der Waals surface area (Å²) >= 11 is 0. The van der Waals surface area contributed by atoms with E-state index in [0.717, 1.165) is 5.75 Å². The second-order valence-electron chi connectivity index (χ2n) is 7.50. The molecule has 0 saturated carbocycles. The summed E-state index contributed by atoms with van der Waals surface area (Å²) in [4.78, 5) is 24.1. The smallest absolute Gasteiger partial charge is 0.192 e. The van der Waals surface area contributed by atoms with Gasteiger partial charge in [-0.1, -0.05) is 42.5 Å². The van der Waals surface area contributed by atoms with Crippen LogP contribution in [0.5, 0.6) is 23.0 Å². The lowest BCUT2D eigenvalue weighted by Gasteiger charge is -2.09. The minimum absolute atomic E-state index is 0.0646. The topological polar surface area (TPSA) is 52.6 Å². The average Bonchev–Trinajstić information content (AvgIpc) is 2.82. The molecule has 0 unspecified atom stereocenters. The van der Waals surface area contributed by atoms with Crippen molar-refractivity contribution in [3.05, 3.63) is 120 Å². The third-order valence-electron chi connectivity index (χ3n) is 4.91. The van der Waals surface area contributed by atoms with Gasteiger partial charge in [0.1, 0.15) is 23.0 Å². The molecule has 166 valence electrons. The maximum Gasteiger partial charge on any atom is 0.192 e. The van der Waals surface area contributed by atoms with Crippen molar-refractivity contribution >= 4 is 11.6 Å². The number of hydrogen-bond acceptors (Lipinski definition) is 4. The van der Waals surface area contributed by atoms with Crippen molar-refractivity contribution in [2.75, 3.05) is 0 Å². The van der Waals surface area contributed by atoms with E-state index in [4.69, 9.17) is 9.47 Å². The number of carbonyl (C=O) groups is 2. The van der Waals surface area contributed by atoms with Gasteiger partial charge in [0.05, 0.1) is 0 Å². The SMILES string of the molecule is C=C(/C=C\C(=C/C)C(C)=O)C(=O)c1ccc(Oc2ccc(Oc3ccc(C)cc3)cc2)cc1. The Labute approximate surface area is 194 Å². The van der Waals surface area contributed by atoms with Crippen LogP contribution in [0.15, 0.2) is 109 Å². The number of ether oxygens (including phenoxy) is 2. The summed E-state index contributed by atoms with van der Waals surface area (Å²) in [6.45, 7) is 9.09. The van der Waals surface area contributed by atoms with Crippen LogP contribution in [0, 0.1) is 6.92 Å². The highest BCUT2D eigenvalue weighted by molar-refractivity contribution is 6.10. The van der Waals surface area contributed by atoms with E-state index < -0.39 is 0 Å². The van der Waals surface area contributed by atoms with E-state index in [-0.39, 0.29) is 11.6 Å². The van der Waals surface area contributed by atoms with E-state index >= 15 is 0 Å². The van der Waals surface area contributed by atoms with Crippen LogP contribution < -0.4 is 9.47 Å². The van der Waals surface area contributed by atoms with Crippen LogP contribution in [0.2, 0.25) is 0 Å². The fraction of sp³-hybridized carbons (Fsp3) is 0.103. The van der Waals surface area contributed by atoms with E-state index in [2.05, 4.69) is 6.58 Å². The number of hydrogen-bond donors (Lipinski definition) is 0. The molecule has 33 heavy (non-hydrogen) atoms. The lowest BCUT2D eigenvalue weighted by Crippen LogP contribution is -2.01. The highest BCUT2D eigenvalue weighted by Crippen LogP contribution is 2.27. The maximum atomic E-state index is 12.6. The second-order valence-corrected chi connectivity index (χ2v) is 7.50. The molecule has 0 heterocycles. The third-order valence-corrected chi connectivity index (χ3v) is 4.91. The predicted octanol–water partition coefficient (Wildman–Crippen LogP) is 7.41. The van der Waals surface area contributed by atoms with Gasteiger partial charge in [-0.05, 0) is 81.4 Å². The maximum absolute atomic E-state index is 12.6. The molecule has 3 aromatic rings. The lowest BCUT2D eigenvalue weighted by atomic mass is 10.0. The van der Waals surface area contributed by atoms with Gasteiger partial charge in [0.15, 0.2) is 11.6 Å². The summed E-state index contributed by atoms with van der Waals surface area (Å²) in [5.74, 6) is 2.46. The molecule has 0 radical (unpaired) electrons. The number of rotatable bonds is 9. The van der Waals surface area contributed by atoms with Gasteiger partial charge in [0.25, 0.3) is 0 Å². The number of aryl methyl sites for hydroxylation is 1. The molecule has 3 rings (SSSR count). The van der Waals surface area contributed by atoms with Crippen LogP contribution >= 0.6 is 0 Å². The number of ketones is 2. The van der Waals surface area contributed by atoms with E-state index in [1.807, 2.05) is 55.5 Å². The predicted molar refractivity (Wildman–Crippen MR) is 131 cm³/mol. The molecule has 0 fully saturated rings. The highest BCUT2D eigenvalue weighted by Gasteiger charge is 2.09. The van der Waals surface area contributed by atoms with Crippen LogP contribution in [0.1, 0.15) is 29.8 Å². The minimum Gasteiger partial charge on any atom is -0.457 e. The normalized spacial score (nSPS) is 11.3. The van der Waals surface area contributed by atoms with Gasteiger partial charge in [-0.2, -0.15) is 0 Å². The molecule has 3 aromatic carbocycles. The largest absolute Gasteiger partial charge is 0.457 e. The van der Waals surface area contributed by atoms with Gasteiger partial charge in [-0.3, -0.25) is 9.59 Å². The summed E-state index contributed by atoms with van der Waals surface area (Å²) < 4.78 is 11.7. The Morgan fingerprint density at radius 2 is 1.15 bits per heavy atom. The highest BCUT2D eigenvalue weighted by atomic mass is 16.5. The average molecular weight is 439 g/mol. The van der Waals surface area contributed by atoms with Gasteiger partial charge in [-0.15, -0.1) is 0 Å². The first-order valence-corrected chi connectivity index (χ1v) is 10.6. The van der Waals surface area contributed by atoms with E-state index in [1.54, 1.807) is 49.4 Å². The van der Waals surface area contributed by atoms with Gasteiger partial charge in [0.2, 0.25) is 0 Å². The van der Waals surface area contributed by atoms with Crippen molar-refractivity contribution in [2.24, 2.45) is 0 Å². The van der Waals surface area contributed by atoms with Gasteiger partial charge < -0.3 is 9.47 Å². The summed E-state index contributed by atoms with van der Waals surface area (Å²) in [6, 6.07) is 22.0. The molecule has 0 spiro atoms. The first-order chi connectivity index (χ1) is 15.9. The molecule has 4 heteroatoms. The molecule has 0 aliphatic rings. The molecule has 0 aliphatic carbocycles. The van der Waals surface area contributed by atoms with Gasteiger partial charge >= 0.3 is 0 Å². The van der Waals surface area contributed by atoms with Gasteiger partial charge in [0, 0.05) is 16.7 Å². The van der Waals surface area contributed by atoms with Crippen LogP contribution in [0.3, 0.4) is 0 Å². The Hall–Kier alpha value is -4.18. The number of Topliss-reactive ketones (excluding diaryl/α,β-unsaturated/α-hetero) is 2. The molecule has 4 nitrogen and oxygen atoms in total. The monoisotopic (exact) mass is 438 g/mol. The Morgan fingerprint density at radius 1 is 0.727 bits per heavy atom. The third kappa shape index (κ3) is 6.65. The van der Waals surface area contributed by atoms with Crippen molar-refractivity contribution in [1.82, 2.24) is 0 Å². The number of benzene rings is 3. The molecule has 0 aliphatic heterocycles. The minimum atomic E-state index is -0.214. The molecular weight excluding hydrogens is 412 g/mol. The van der Waals surface area contributed by atoms with Crippen molar-refractivity contribution in [2.45, 2.75) is 20.8 Å². The summed E-state index contributed by atoms with van der Waals surface area (Å²) in [5, 5.41) is 0. The first-order valence-electron chi connectivity index (χ1n) is 10.6. The Bertz CT molecular complexity index is 1200. The number of allylic oxidation sites excluding steroid dienone is 5. The molecule has 0 atom stereocenters. The van der Waals surface area contributed by atoms with E-state index in [0.29, 0.717) is 34.0 Å². The standard InChI is InChI=1S/C29H26O4/c1-5-23(22(4)30)9-8-21(3)29(31)24-10-14-26(15-11-24)33-28-18-16-27(17-19-28)32-25-12-6-20(2)7-13-25/h5-19H,3H2,1-2,4H3/b9-8-,23-5+. The van der Waals surface area contributed by atoms with Crippen molar-refractivity contribution in [3.63, 3.8) is 0 Å². The lowest BCUT2D eigenvalue weighted by molar-refractivity contribution is -0.113. The molecule has 0 N–H and O–H groups in total. The molecule has 0 saturated heterocycles. The first kappa shape index (κ1) is 23.5. The summed E-state index contributed by atoms with van der Waals surface area (Å²) in [5.41, 5.74) is 2.50. The van der Waals surface area contributed by atoms with Crippen LogP contribution in [0.4, 0.5) is 0 Å². The molecule has 0 bridgehead atoms. The van der Waals surface area contributed by atoms with Crippen molar-refractivity contribution in [3.8, 4) is 23.0 Å². The van der Waals surface area contributed by atoms with E-state index in [9.17, 15) is 9.59 Å². The van der Waals surface area contributed by atoms with Crippen LogP contribution in [0.25, 0.3) is 0 Å².